The first-order chi connectivity index (χ1) is 9.24. The Labute approximate surface area is 113 Å². The molecule has 0 aliphatic carbocycles. The van der Waals surface area contributed by atoms with Crippen LogP contribution in [0.15, 0.2) is 6.20 Å². The van der Waals surface area contributed by atoms with Crippen LogP contribution < -0.4 is 0 Å². The van der Waals surface area contributed by atoms with Crippen LogP contribution in [0.4, 0.5) is 0 Å². The fourth-order valence-corrected chi connectivity index (χ4v) is 2.39. The number of likely N-dealkylation sites (tertiary alicyclic amines) is 1. The van der Waals surface area contributed by atoms with Crippen molar-refractivity contribution in [2.24, 2.45) is 0 Å². The van der Waals surface area contributed by atoms with Gasteiger partial charge in [-0.25, -0.2) is 0 Å². The summed E-state index contributed by atoms with van der Waals surface area (Å²) in [7, 11) is 0. The highest BCUT2D eigenvalue weighted by molar-refractivity contribution is 5.66. The molecule has 0 radical (unpaired) electrons. The molecular weight excluding hydrogens is 244 g/mol. The average molecular weight is 266 g/mol. The summed E-state index contributed by atoms with van der Waals surface area (Å²) in [4.78, 5) is 12.8. The van der Waals surface area contributed by atoms with Crippen LogP contribution in [0.2, 0.25) is 0 Å². The van der Waals surface area contributed by atoms with E-state index in [1.54, 1.807) is 0 Å². The van der Waals surface area contributed by atoms with Crippen LogP contribution in [0.5, 0.6) is 0 Å². The highest BCUT2D eigenvalue weighted by Gasteiger charge is 2.11. The predicted octanol–water partition coefficient (Wildman–Crippen LogP) is 1.17. The van der Waals surface area contributed by atoms with Crippen LogP contribution in [0.25, 0.3) is 0 Å². The summed E-state index contributed by atoms with van der Waals surface area (Å²) in [6.45, 7) is 4.34. The lowest BCUT2D eigenvalue weighted by molar-refractivity contribution is -0.137. The lowest BCUT2D eigenvalue weighted by Crippen LogP contribution is -2.24. The second kappa shape index (κ2) is 7.23. The summed E-state index contributed by atoms with van der Waals surface area (Å²) < 4.78 is 1.89. The fraction of sp³-hybridized carbons (Fsp3) is 0.769. The van der Waals surface area contributed by atoms with Gasteiger partial charge in [0.25, 0.3) is 0 Å². The van der Waals surface area contributed by atoms with E-state index in [4.69, 9.17) is 5.11 Å². The molecule has 1 aromatic rings. The van der Waals surface area contributed by atoms with Crippen molar-refractivity contribution in [1.82, 2.24) is 19.9 Å². The number of hydrogen-bond donors (Lipinski definition) is 1. The lowest BCUT2D eigenvalue weighted by Gasteiger charge is -2.13. The normalized spacial score (nSPS) is 16.0. The Morgan fingerprint density at radius 1 is 1.26 bits per heavy atom. The van der Waals surface area contributed by atoms with Crippen LogP contribution in [-0.2, 0) is 17.8 Å². The van der Waals surface area contributed by atoms with E-state index < -0.39 is 5.97 Å². The lowest BCUT2D eigenvalue weighted by atomic mass is 10.1. The molecule has 0 amide bonds. The highest BCUT2D eigenvalue weighted by Crippen LogP contribution is 2.07. The van der Waals surface area contributed by atoms with Crippen molar-refractivity contribution in [3.63, 3.8) is 0 Å². The zero-order valence-electron chi connectivity index (χ0n) is 11.3. The maximum absolute atomic E-state index is 10.4. The van der Waals surface area contributed by atoms with Crippen molar-refractivity contribution in [2.75, 3.05) is 19.6 Å². The standard InChI is InChI=1S/C13H22N4O2/c18-13(19)6-2-1-5-12-11-17(15-14-12)10-9-16-7-3-4-8-16/h11H,1-10H2,(H,18,19). The van der Waals surface area contributed by atoms with Crippen molar-refractivity contribution < 1.29 is 9.90 Å². The van der Waals surface area contributed by atoms with Gasteiger partial charge in [-0.15, -0.1) is 5.10 Å². The minimum atomic E-state index is -0.728. The van der Waals surface area contributed by atoms with E-state index in [9.17, 15) is 4.79 Å². The van der Waals surface area contributed by atoms with E-state index in [1.807, 2.05) is 10.9 Å². The maximum Gasteiger partial charge on any atom is 0.303 e. The number of aromatic nitrogens is 3. The average Bonchev–Trinajstić information content (AvgIpc) is 3.03. The largest absolute Gasteiger partial charge is 0.481 e. The fourth-order valence-electron chi connectivity index (χ4n) is 2.39. The van der Waals surface area contributed by atoms with E-state index in [0.29, 0.717) is 6.42 Å². The van der Waals surface area contributed by atoms with Crippen LogP contribution in [0, 0.1) is 0 Å². The molecule has 6 nitrogen and oxygen atoms in total. The van der Waals surface area contributed by atoms with Gasteiger partial charge >= 0.3 is 5.97 Å². The minimum absolute atomic E-state index is 0.239. The van der Waals surface area contributed by atoms with Gasteiger partial charge in [0.05, 0.1) is 12.2 Å². The van der Waals surface area contributed by atoms with Gasteiger partial charge in [-0.05, 0) is 45.2 Å². The molecule has 0 atom stereocenters. The van der Waals surface area contributed by atoms with Crippen molar-refractivity contribution >= 4 is 5.97 Å². The molecule has 0 bridgehead atoms. The van der Waals surface area contributed by atoms with Crippen molar-refractivity contribution in [3.05, 3.63) is 11.9 Å². The first-order valence-corrected chi connectivity index (χ1v) is 7.07. The molecule has 1 aliphatic rings. The molecule has 1 aliphatic heterocycles. The Balaban J connectivity index is 1.65. The Bertz CT molecular complexity index is 399. The number of unbranched alkanes of at least 4 members (excludes halogenated alkanes) is 1. The molecule has 2 heterocycles. The summed E-state index contributed by atoms with van der Waals surface area (Å²) in [5.74, 6) is -0.728. The third-order valence-corrected chi connectivity index (χ3v) is 3.50. The number of carbonyl (C=O) groups is 1. The molecule has 1 aromatic heterocycles. The Kier molecular flexibility index (Phi) is 5.32. The topological polar surface area (TPSA) is 71.2 Å². The van der Waals surface area contributed by atoms with E-state index >= 15 is 0 Å². The Morgan fingerprint density at radius 3 is 2.79 bits per heavy atom. The SMILES string of the molecule is O=C(O)CCCCc1cn(CCN2CCCC2)nn1. The number of carboxylic acids is 1. The Hall–Kier alpha value is -1.43. The molecule has 0 aromatic carbocycles. The molecule has 0 spiro atoms. The number of hydrogen-bond acceptors (Lipinski definition) is 4. The highest BCUT2D eigenvalue weighted by atomic mass is 16.4. The third kappa shape index (κ3) is 4.98. The molecule has 1 N–H and O–H groups in total. The van der Waals surface area contributed by atoms with Crippen LogP contribution in [0.3, 0.4) is 0 Å². The summed E-state index contributed by atoms with van der Waals surface area (Å²) in [6.07, 6.45) is 7.22. The number of carboxylic acid groups (broad SMARTS) is 1. The van der Waals surface area contributed by atoms with E-state index in [1.165, 1.54) is 25.9 Å². The van der Waals surface area contributed by atoms with Crippen molar-refractivity contribution in [2.45, 2.75) is 45.1 Å². The van der Waals surface area contributed by atoms with E-state index in [-0.39, 0.29) is 6.42 Å². The summed E-state index contributed by atoms with van der Waals surface area (Å²) >= 11 is 0. The van der Waals surface area contributed by atoms with Gasteiger partial charge in [0.2, 0.25) is 0 Å². The van der Waals surface area contributed by atoms with Gasteiger partial charge in [0.15, 0.2) is 0 Å². The minimum Gasteiger partial charge on any atom is -0.481 e. The van der Waals surface area contributed by atoms with Gasteiger partial charge in [-0.2, -0.15) is 0 Å². The maximum atomic E-state index is 10.4. The molecule has 1 saturated heterocycles. The van der Waals surface area contributed by atoms with Gasteiger partial charge in [-0.1, -0.05) is 5.21 Å². The molecule has 0 saturated carbocycles. The molecule has 2 rings (SSSR count). The van der Waals surface area contributed by atoms with Crippen LogP contribution in [0.1, 0.15) is 37.8 Å². The molecule has 106 valence electrons. The van der Waals surface area contributed by atoms with Gasteiger partial charge in [-0.3, -0.25) is 9.48 Å². The van der Waals surface area contributed by atoms with E-state index in [0.717, 1.165) is 31.6 Å². The summed E-state index contributed by atoms with van der Waals surface area (Å²) in [5.41, 5.74) is 0.965. The molecule has 1 fully saturated rings. The second-order valence-electron chi connectivity index (χ2n) is 5.12. The zero-order valence-corrected chi connectivity index (χ0v) is 11.3. The second-order valence-corrected chi connectivity index (χ2v) is 5.12. The predicted molar refractivity (Wildman–Crippen MR) is 70.9 cm³/mol. The quantitative estimate of drug-likeness (QED) is 0.715. The molecular formula is C13H22N4O2. The molecule has 6 heteroatoms. The first kappa shape index (κ1) is 14.0. The number of nitrogens with zero attached hydrogens (tertiary/aromatic N) is 4. The van der Waals surface area contributed by atoms with Gasteiger partial charge < -0.3 is 10.0 Å². The summed E-state index contributed by atoms with van der Waals surface area (Å²) in [5, 5.41) is 16.8. The molecule has 19 heavy (non-hydrogen) atoms. The third-order valence-electron chi connectivity index (χ3n) is 3.50. The first-order valence-electron chi connectivity index (χ1n) is 7.07. The Morgan fingerprint density at radius 2 is 2.05 bits per heavy atom. The monoisotopic (exact) mass is 266 g/mol. The molecule has 0 unspecified atom stereocenters. The summed E-state index contributed by atoms with van der Waals surface area (Å²) in [6, 6.07) is 0. The van der Waals surface area contributed by atoms with E-state index in [2.05, 4.69) is 15.2 Å². The van der Waals surface area contributed by atoms with Crippen molar-refractivity contribution in [3.8, 4) is 0 Å². The van der Waals surface area contributed by atoms with Crippen LogP contribution >= 0.6 is 0 Å². The van der Waals surface area contributed by atoms with Gasteiger partial charge in [0, 0.05) is 19.2 Å². The number of aliphatic carboxylic acids is 1. The zero-order chi connectivity index (χ0) is 13.5. The van der Waals surface area contributed by atoms with Gasteiger partial charge in [0.1, 0.15) is 0 Å². The smallest absolute Gasteiger partial charge is 0.303 e. The number of aryl methyl sites for hydroxylation is 1. The van der Waals surface area contributed by atoms with Crippen molar-refractivity contribution in [1.29, 1.82) is 0 Å². The van der Waals surface area contributed by atoms with Crippen LogP contribution in [-0.4, -0.2) is 50.6 Å². The number of rotatable bonds is 8.